The molecule has 37 heavy (non-hydrogen) atoms. The van der Waals surface area contributed by atoms with Gasteiger partial charge in [0.1, 0.15) is 5.56 Å². The number of rotatable bonds is 7. The molecule has 9 nitrogen and oxygen atoms in total. The number of carbonyl (C=O) groups is 2. The van der Waals surface area contributed by atoms with E-state index in [0.29, 0.717) is 16.5 Å². The van der Waals surface area contributed by atoms with Crippen LogP contribution >= 0.6 is 0 Å². The van der Waals surface area contributed by atoms with Crippen LogP contribution in [0.1, 0.15) is 44.7 Å². The van der Waals surface area contributed by atoms with Gasteiger partial charge in [-0.05, 0) is 55.7 Å². The summed E-state index contributed by atoms with van der Waals surface area (Å²) in [7, 11) is -2.42. The summed E-state index contributed by atoms with van der Waals surface area (Å²) in [4.78, 5) is 38.5. The van der Waals surface area contributed by atoms with Crippen molar-refractivity contribution in [3.63, 3.8) is 0 Å². The Morgan fingerprint density at radius 1 is 1.03 bits per heavy atom. The Hall–Kier alpha value is -4.18. The zero-order valence-corrected chi connectivity index (χ0v) is 21.2. The second kappa shape index (κ2) is 9.36. The van der Waals surface area contributed by atoms with Crippen LogP contribution in [0.4, 0.5) is 0 Å². The number of nitrogens with one attached hydrogen (secondary N) is 2. The van der Waals surface area contributed by atoms with E-state index in [-0.39, 0.29) is 34.5 Å². The molecule has 0 atom stereocenters. The molecule has 2 heterocycles. The highest BCUT2D eigenvalue weighted by atomic mass is 32.2. The molecule has 2 aromatic carbocycles. The average Bonchev–Trinajstić information content (AvgIpc) is 3.58. The van der Waals surface area contributed by atoms with Crippen molar-refractivity contribution in [1.82, 2.24) is 19.2 Å². The molecule has 2 amide bonds. The predicted molar refractivity (Wildman–Crippen MR) is 139 cm³/mol. The maximum atomic E-state index is 13.3. The summed E-state index contributed by atoms with van der Waals surface area (Å²) in [5, 5.41) is 5.96. The number of benzene rings is 2. The van der Waals surface area contributed by atoms with Crippen molar-refractivity contribution in [2.75, 3.05) is 7.05 Å². The molecular formula is C27H26N4O5S. The first-order chi connectivity index (χ1) is 17.7. The van der Waals surface area contributed by atoms with Crippen molar-refractivity contribution in [2.45, 2.75) is 37.2 Å². The molecule has 4 aromatic rings. The number of nitrogens with zero attached hydrogens (tertiary/aromatic N) is 2. The minimum Gasteiger partial charge on any atom is -0.355 e. The highest BCUT2D eigenvalue weighted by Gasteiger charge is 2.25. The fraction of sp³-hybridized carbons (Fsp3) is 0.222. The smallest absolute Gasteiger partial charge is 0.268 e. The topological polar surface area (TPSA) is 119 Å². The second-order valence-electron chi connectivity index (χ2n) is 9.18. The molecule has 0 saturated heterocycles. The number of amides is 2. The number of hydrogen-bond acceptors (Lipinski definition) is 5. The Morgan fingerprint density at radius 3 is 2.43 bits per heavy atom. The van der Waals surface area contributed by atoms with Gasteiger partial charge in [0.05, 0.1) is 22.5 Å². The monoisotopic (exact) mass is 518 g/mol. The minimum absolute atomic E-state index is 0.0410. The van der Waals surface area contributed by atoms with Gasteiger partial charge in [0.15, 0.2) is 0 Å². The first-order valence-electron chi connectivity index (χ1n) is 11.9. The van der Waals surface area contributed by atoms with Crippen molar-refractivity contribution in [3.05, 3.63) is 99.6 Å². The molecule has 0 aliphatic heterocycles. The number of aromatic nitrogens is 2. The Balaban J connectivity index is 1.57. The Labute approximate surface area is 213 Å². The summed E-state index contributed by atoms with van der Waals surface area (Å²) in [5.41, 5.74) is 1.59. The van der Waals surface area contributed by atoms with Gasteiger partial charge in [-0.25, -0.2) is 12.4 Å². The van der Waals surface area contributed by atoms with E-state index < -0.39 is 21.5 Å². The number of aryl methyl sites for hydroxylation is 1. The van der Waals surface area contributed by atoms with Crippen LogP contribution in [0, 0.1) is 6.92 Å². The summed E-state index contributed by atoms with van der Waals surface area (Å²) in [6, 6.07) is 14.9. The Morgan fingerprint density at radius 2 is 1.76 bits per heavy atom. The van der Waals surface area contributed by atoms with Crippen molar-refractivity contribution in [2.24, 2.45) is 0 Å². The van der Waals surface area contributed by atoms with E-state index in [2.05, 4.69) is 10.6 Å². The number of pyridine rings is 1. The number of carbonyl (C=O) groups excluding carboxylic acids is 2. The maximum Gasteiger partial charge on any atom is 0.268 e. The van der Waals surface area contributed by atoms with Crippen molar-refractivity contribution in [3.8, 4) is 0 Å². The summed E-state index contributed by atoms with van der Waals surface area (Å²) < 4.78 is 29.2. The maximum absolute atomic E-state index is 13.3. The largest absolute Gasteiger partial charge is 0.355 e. The molecule has 1 aliphatic carbocycles. The fourth-order valence-corrected chi connectivity index (χ4v) is 5.58. The van der Waals surface area contributed by atoms with Crippen molar-refractivity contribution >= 4 is 32.7 Å². The zero-order valence-electron chi connectivity index (χ0n) is 20.4. The summed E-state index contributed by atoms with van der Waals surface area (Å²) in [6.07, 6.45) is 4.73. The van der Waals surface area contributed by atoms with Gasteiger partial charge < -0.3 is 15.2 Å². The Bertz CT molecular complexity index is 1700. The summed E-state index contributed by atoms with van der Waals surface area (Å²) >= 11 is 0. The molecule has 1 fully saturated rings. The molecule has 2 aromatic heterocycles. The van der Waals surface area contributed by atoms with Gasteiger partial charge in [-0.15, -0.1) is 0 Å². The van der Waals surface area contributed by atoms with Gasteiger partial charge in [-0.1, -0.05) is 29.8 Å². The SMILES string of the molecule is CNC(=O)c1cc(C(=O)NC2CC2)cn(Cc2cccc3c2ccn3S(=O)(=O)c2ccc(C)cc2)c1=O. The molecule has 5 rings (SSSR count). The molecule has 2 N–H and O–H groups in total. The molecule has 190 valence electrons. The third kappa shape index (κ3) is 4.67. The Kier molecular flexibility index (Phi) is 6.20. The van der Waals surface area contributed by atoms with Gasteiger partial charge in [0, 0.05) is 30.9 Å². The standard InChI is InChI=1S/C27H26N4O5S/c1-17-6-10-21(11-7-17)37(35,36)31-13-12-22-18(4-3-5-24(22)31)15-30-16-19(25(32)29-20-8-9-20)14-23(27(30)34)26(33)28-2/h3-7,10-14,16,20H,8-9,15H2,1-2H3,(H,28,33)(H,29,32). The van der Waals surface area contributed by atoms with Crippen molar-refractivity contribution < 1.29 is 18.0 Å². The molecular weight excluding hydrogens is 492 g/mol. The van der Waals surface area contributed by atoms with Gasteiger partial charge in [-0.2, -0.15) is 0 Å². The zero-order chi connectivity index (χ0) is 26.3. The number of fused-ring (bicyclic) bond motifs is 1. The lowest BCUT2D eigenvalue weighted by molar-refractivity contribution is 0.0950. The highest BCUT2D eigenvalue weighted by molar-refractivity contribution is 7.90. The normalized spacial score (nSPS) is 13.5. The van der Waals surface area contributed by atoms with Gasteiger partial charge in [-0.3, -0.25) is 14.4 Å². The van der Waals surface area contributed by atoms with Crippen LogP contribution in [-0.4, -0.2) is 41.9 Å². The van der Waals surface area contributed by atoms with E-state index in [0.717, 1.165) is 18.4 Å². The lowest BCUT2D eigenvalue weighted by Crippen LogP contribution is -2.34. The molecule has 10 heteroatoms. The summed E-state index contributed by atoms with van der Waals surface area (Å²) in [5.74, 6) is -0.941. The molecule has 0 radical (unpaired) electrons. The highest BCUT2D eigenvalue weighted by Crippen LogP contribution is 2.26. The van der Waals surface area contributed by atoms with E-state index in [1.165, 1.54) is 34.0 Å². The molecule has 1 aliphatic rings. The van der Waals surface area contributed by atoms with Crippen LogP contribution in [0.3, 0.4) is 0 Å². The van der Waals surface area contributed by atoms with Crippen LogP contribution in [-0.2, 0) is 16.6 Å². The van der Waals surface area contributed by atoms with Gasteiger partial charge >= 0.3 is 0 Å². The van der Waals surface area contributed by atoms with E-state index in [1.807, 2.05) is 6.92 Å². The van der Waals surface area contributed by atoms with Crippen LogP contribution in [0.25, 0.3) is 10.9 Å². The number of hydrogen-bond donors (Lipinski definition) is 2. The van der Waals surface area contributed by atoms with Crippen LogP contribution < -0.4 is 16.2 Å². The first-order valence-corrected chi connectivity index (χ1v) is 13.3. The molecule has 0 bridgehead atoms. The van der Waals surface area contributed by atoms with Gasteiger partial charge in [0.25, 0.3) is 27.4 Å². The quantitative estimate of drug-likeness (QED) is 0.390. The minimum atomic E-state index is -3.84. The summed E-state index contributed by atoms with van der Waals surface area (Å²) in [6.45, 7) is 1.93. The van der Waals surface area contributed by atoms with Crippen LogP contribution in [0.15, 0.2) is 76.7 Å². The lowest BCUT2D eigenvalue weighted by atomic mass is 10.1. The van der Waals surface area contributed by atoms with Crippen LogP contribution in [0.2, 0.25) is 0 Å². The molecule has 0 spiro atoms. The predicted octanol–water partition coefficient (Wildman–Crippen LogP) is 2.65. The van der Waals surface area contributed by atoms with E-state index >= 15 is 0 Å². The molecule has 0 unspecified atom stereocenters. The third-order valence-corrected chi connectivity index (χ3v) is 8.14. The second-order valence-corrected chi connectivity index (χ2v) is 11.0. The first kappa shape index (κ1) is 24.5. The van der Waals surface area contributed by atoms with E-state index in [1.54, 1.807) is 48.5 Å². The van der Waals surface area contributed by atoms with E-state index in [9.17, 15) is 22.8 Å². The lowest BCUT2D eigenvalue weighted by Gasteiger charge is -2.13. The molecule has 1 saturated carbocycles. The third-order valence-electron chi connectivity index (χ3n) is 6.44. The van der Waals surface area contributed by atoms with Gasteiger partial charge in [0.2, 0.25) is 0 Å². The fourth-order valence-electron chi connectivity index (χ4n) is 4.23. The van der Waals surface area contributed by atoms with Crippen LogP contribution in [0.5, 0.6) is 0 Å². The average molecular weight is 519 g/mol. The van der Waals surface area contributed by atoms with E-state index in [4.69, 9.17) is 0 Å². The van der Waals surface area contributed by atoms with Crippen molar-refractivity contribution in [1.29, 1.82) is 0 Å².